The standard InChI is InChI=1S/C24H31N3O6S2/c28-34(29,25-20-4-2-1-3-5-20)21-7-9-22(10-8-21)35(30,31)27-14-12-26(13-15-27)17-19-6-11-23-24(16-19)33-18-32-23/h6-11,16,20,25H,1-5,12-15,17-18H2. The molecular formula is C24H31N3O6S2. The molecular weight excluding hydrogens is 490 g/mol. The number of piperazine rings is 1. The molecule has 1 saturated carbocycles. The summed E-state index contributed by atoms with van der Waals surface area (Å²) in [5, 5.41) is 0. The molecule has 9 nitrogen and oxygen atoms in total. The Hall–Kier alpha value is -2.18. The molecule has 2 aromatic rings. The molecule has 11 heteroatoms. The summed E-state index contributed by atoms with van der Waals surface area (Å²) in [5.74, 6) is 1.48. The molecule has 35 heavy (non-hydrogen) atoms. The van der Waals surface area contributed by atoms with E-state index in [1.54, 1.807) is 0 Å². The number of sulfonamides is 2. The van der Waals surface area contributed by atoms with E-state index in [2.05, 4.69) is 9.62 Å². The van der Waals surface area contributed by atoms with Crippen LogP contribution in [0.4, 0.5) is 0 Å². The second-order valence-corrected chi connectivity index (χ2v) is 12.9. The molecule has 0 radical (unpaired) electrons. The molecule has 0 atom stereocenters. The third-order valence-electron chi connectivity index (χ3n) is 6.87. The zero-order valence-electron chi connectivity index (χ0n) is 19.6. The molecule has 190 valence electrons. The van der Waals surface area contributed by atoms with Crippen LogP contribution in [-0.4, -0.2) is 65.1 Å². The first kappa shape index (κ1) is 24.5. The number of ether oxygens (including phenoxy) is 2. The number of rotatable bonds is 7. The van der Waals surface area contributed by atoms with Gasteiger partial charge >= 0.3 is 0 Å². The number of fused-ring (bicyclic) bond motifs is 1. The van der Waals surface area contributed by atoms with Crippen molar-refractivity contribution in [2.75, 3.05) is 33.0 Å². The van der Waals surface area contributed by atoms with Gasteiger partial charge in [0, 0.05) is 38.8 Å². The van der Waals surface area contributed by atoms with Crippen LogP contribution in [0.1, 0.15) is 37.7 Å². The van der Waals surface area contributed by atoms with E-state index in [1.807, 2.05) is 18.2 Å². The number of hydrogen-bond donors (Lipinski definition) is 1. The third kappa shape index (κ3) is 5.49. The lowest BCUT2D eigenvalue weighted by Gasteiger charge is -2.34. The first-order chi connectivity index (χ1) is 16.8. The van der Waals surface area contributed by atoms with Gasteiger partial charge in [-0.2, -0.15) is 4.31 Å². The van der Waals surface area contributed by atoms with E-state index < -0.39 is 20.0 Å². The normalized spacial score (nSPS) is 20.2. The first-order valence-electron chi connectivity index (χ1n) is 12.0. The van der Waals surface area contributed by atoms with Crippen LogP contribution in [0.15, 0.2) is 52.3 Å². The Bertz CT molecular complexity index is 1250. The smallest absolute Gasteiger partial charge is 0.243 e. The number of nitrogens with one attached hydrogen (secondary N) is 1. The van der Waals surface area contributed by atoms with Gasteiger partial charge in [0.15, 0.2) is 11.5 Å². The fourth-order valence-corrected chi connectivity index (χ4v) is 7.60. The lowest BCUT2D eigenvalue weighted by Crippen LogP contribution is -2.48. The quantitative estimate of drug-likeness (QED) is 0.597. The number of hydrogen-bond acceptors (Lipinski definition) is 7. The van der Waals surface area contributed by atoms with Gasteiger partial charge in [0.2, 0.25) is 26.8 Å². The van der Waals surface area contributed by atoms with Crippen LogP contribution >= 0.6 is 0 Å². The molecule has 1 aliphatic carbocycles. The maximum Gasteiger partial charge on any atom is 0.243 e. The molecule has 1 saturated heterocycles. The molecule has 2 aromatic carbocycles. The third-order valence-corrected chi connectivity index (χ3v) is 10.3. The Morgan fingerprint density at radius 3 is 2.17 bits per heavy atom. The van der Waals surface area contributed by atoms with Gasteiger partial charge in [0.05, 0.1) is 9.79 Å². The van der Waals surface area contributed by atoms with Crippen molar-refractivity contribution in [3.05, 3.63) is 48.0 Å². The SMILES string of the molecule is O=S(=O)(NC1CCCCC1)c1ccc(S(=O)(=O)N2CCN(Cc3ccc4c(c3)OCO4)CC2)cc1. The lowest BCUT2D eigenvalue weighted by molar-refractivity contribution is 0.173. The summed E-state index contributed by atoms with van der Waals surface area (Å²) in [7, 11) is -7.37. The van der Waals surface area contributed by atoms with E-state index in [1.165, 1.54) is 28.6 Å². The fraction of sp³-hybridized carbons (Fsp3) is 0.500. The summed E-state index contributed by atoms with van der Waals surface area (Å²) >= 11 is 0. The Morgan fingerprint density at radius 1 is 0.800 bits per heavy atom. The Labute approximate surface area is 207 Å². The number of nitrogens with zero attached hydrogens (tertiary/aromatic N) is 2. The largest absolute Gasteiger partial charge is 0.454 e. The Balaban J connectivity index is 1.19. The van der Waals surface area contributed by atoms with Crippen LogP contribution in [0.5, 0.6) is 11.5 Å². The van der Waals surface area contributed by atoms with Crippen LogP contribution < -0.4 is 14.2 Å². The first-order valence-corrected chi connectivity index (χ1v) is 15.0. The second-order valence-electron chi connectivity index (χ2n) is 9.30. The monoisotopic (exact) mass is 521 g/mol. The van der Waals surface area contributed by atoms with Gasteiger partial charge in [0.1, 0.15) is 0 Å². The number of benzene rings is 2. The van der Waals surface area contributed by atoms with Crippen molar-refractivity contribution in [2.24, 2.45) is 0 Å². The molecule has 2 fully saturated rings. The highest BCUT2D eigenvalue weighted by Crippen LogP contribution is 2.33. The Kier molecular flexibility index (Phi) is 7.04. The van der Waals surface area contributed by atoms with Crippen LogP contribution in [-0.2, 0) is 26.6 Å². The lowest BCUT2D eigenvalue weighted by atomic mass is 9.96. The molecule has 0 spiro atoms. The van der Waals surface area contributed by atoms with Crippen molar-refractivity contribution in [3.8, 4) is 11.5 Å². The molecule has 0 aromatic heterocycles. The van der Waals surface area contributed by atoms with E-state index in [0.717, 1.165) is 49.2 Å². The van der Waals surface area contributed by atoms with Crippen LogP contribution in [0.25, 0.3) is 0 Å². The summed E-state index contributed by atoms with van der Waals surface area (Å²) in [6.45, 7) is 2.88. The molecule has 5 rings (SSSR count). The molecule has 0 amide bonds. The van der Waals surface area contributed by atoms with Crippen molar-refractivity contribution in [1.29, 1.82) is 0 Å². The average Bonchev–Trinajstić information content (AvgIpc) is 3.33. The second kappa shape index (κ2) is 10.1. The van der Waals surface area contributed by atoms with Gasteiger partial charge in [-0.25, -0.2) is 21.6 Å². The van der Waals surface area contributed by atoms with Gasteiger partial charge in [-0.3, -0.25) is 4.90 Å². The van der Waals surface area contributed by atoms with Crippen LogP contribution in [0.3, 0.4) is 0 Å². The average molecular weight is 522 g/mol. The molecule has 0 bridgehead atoms. The Morgan fingerprint density at radius 2 is 1.46 bits per heavy atom. The highest BCUT2D eigenvalue weighted by molar-refractivity contribution is 7.89. The summed E-state index contributed by atoms with van der Waals surface area (Å²) in [6.07, 6.45) is 4.86. The highest BCUT2D eigenvalue weighted by atomic mass is 32.2. The van der Waals surface area contributed by atoms with Crippen molar-refractivity contribution < 1.29 is 26.3 Å². The minimum atomic E-state index is -3.70. The van der Waals surface area contributed by atoms with E-state index >= 15 is 0 Å². The molecule has 2 aliphatic heterocycles. The molecule has 3 aliphatic rings. The fourth-order valence-electron chi connectivity index (χ4n) is 4.87. The van der Waals surface area contributed by atoms with Gasteiger partial charge in [-0.1, -0.05) is 25.3 Å². The maximum atomic E-state index is 13.2. The van der Waals surface area contributed by atoms with Gasteiger partial charge < -0.3 is 9.47 Å². The zero-order chi connectivity index (χ0) is 24.5. The molecule has 0 unspecified atom stereocenters. The molecule has 1 N–H and O–H groups in total. The van der Waals surface area contributed by atoms with Crippen LogP contribution in [0, 0.1) is 0 Å². The van der Waals surface area contributed by atoms with Gasteiger partial charge in [-0.05, 0) is 54.8 Å². The van der Waals surface area contributed by atoms with Crippen molar-refractivity contribution >= 4 is 20.0 Å². The van der Waals surface area contributed by atoms with Crippen LogP contribution in [0.2, 0.25) is 0 Å². The summed E-state index contributed by atoms with van der Waals surface area (Å²) in [4.78, 5) is 2.41. The minimum Gasteiger partial charge on any atom is -0.454 e. The minimum absolute atomic E-state index is 0.0499. The predicted octanol–water partition coefficient (Wildman–Crippen LogP) is 2.53. The zero-order valence-corrected chi connectivity index (χ0v) is 21.2. The summed E-state index contributed by atoms with van der Waals surface area (Å²) in [6, 6.07) is 11.4. The van der Waals surface area contributed by atoms with Crippen molar-refractivity contribution in [3.63, 3.8) is 0 Å². The summed E-state index contributed by atoms with van der Waals surface area (Å²) in [5.41, 5.74) is 1.09. The van der Waals surface area contributed by atoms with Crippen molar-refractivity contribution in [1.82, 2.24) is 13.9 Å². The topological polar surface area (TPSA) is 105 Å². The highest BCUT2D eigenvalue weighted by Gasteiger charge is 2.29. The van der Waals surface area contributed by atoms with E-state index in [-0.39, 0.29) is 22.6 Å². The van der Waals surface area contributed by atoms with Crippen molar-refractivity contribution in [2.45, 2.75) is 54.5 Å². The van der Waals surface area contributed by atoms with E-state index in [0.29, 0.717) is 32.7 Å². The predicted molar refractivity (Wildman–Crippen MR) is 130 cm³/mol. The summed E-state index contributed by atoms with van der Waals surface area (Å²) < 4.78 is 66.8. The van der Waals surface area contributed by atoms with E-state index in [9.17, 15) is 16.8 Å². The van der Waals surface area contributed by atoms with E-state index in [4.69, 9.17) is 9.47 Å². The van der Waals surface area contributed by atoms with Gasteiger partial charge in [-0.15, -0.1) is 0 Å². The molecule has 2 heterocycles. The van der Waals surface area contributed by atoms with Gasteiger partial charge in [0.25, 0.3) is 0 Å². The maximum absolute atomic E-state index is 13.2.